The molecule has 1 atom stereocenters. The Morgan fingerprint density at radius 3 is 2.58 bits per heavy atom. The van der Waals surface area contributed by atoms with Crippen molar-refractivity contribution in [1.29, 1.82) is 0 Å². The summed E-state index contributed by atoms with van der Waals surface area (Å²) in [6.07, 6.45) is 4.66. The van der Waals surface area contributed by atoms with Gasteiger partial charge in [0.05, 0.1) is 12.8 Å². The van der Waals surface area contributed by atoms with E-state index < -0.39 is 0 Å². The van der Waals surface area contributed by atoms with E-state index in [0.717, 1.165) is 23.1 Å². The van der Waals surface area contributed by atoms with Gasteiger partial charge in [-0.2, -0.15) is 0 Å². The highest BCUT2D eigenvalue weighted by molar-refractivity contribution is 5.92. The Labute approximate surface area is 182 Å². The fourth-order valence-corrected chi connectivity index (χ4v) is 4.69. The van der Waals surface area contributed by atoms with Crippen LogP contribution in [0.5, 0.6) is 5.75 Å². The molecule has 2 fully saturated rings. The summed E-state index contributed by atoms with van der Waals surface area (Å²) >= 11 is 0. The number of carbonyl (C=O) groups is 1. The van der Waals surface area contributed by atoms with Crippen molar-refractivity contribution in [1.82, 2.24) is 9.88 Å². The van der Waals surface area contributed by atoms with Crippen molar-refractivity contribution in [3.8, 4) is 16.9 Å². The van der Waals surface area contributed by atoms with Crippen LogP contribution in [0.4, 0.5) is 0 Å². The first-order valence-electron chi connectivity index (χ1n) is 10.9. The molecule has 2 aromatic carbocycles. The van der Waals surface area contributed by atoms with Crippen LogP contribution in [0.2, 0.25) is 0 Å². The molecule has 1 aliphatic carbocycles. The Kier molecular flexibility index (Phi) is 5.20. The highest BCUT2D eigenvalue weighted by Gasteiger charge is 2.30. The van der Waals surface area contributed by atoms with Crippen molar-refractivity contribution < 1.29 is 15.0 Å². The highest BCUT2D eigenvalue weighted by atomic mass is 16.3. The molecule has 158 valence electrons. The first-order chi connectivity index (χ1) is 15.1. The van der Waals surface area contributed by atoms with Crippen molar-refractivity contribution in [2.75, 3.05) is 13.1 Å². The minimum Gasteiger partial charge on any atom is -0.506 e. The van der Waals surface area contributed by atoms with Gasteiger partial charge in [0.15, 0.2) is 0 Å². The second-order valence-corrected chi connectivity index (χ2v) is 8.57. The number of likely N-dealkylation sites (tertiary alicyclic amines) is 1. The van der Waals surface area contributed by atoms with Gasteiger partial charge in [-0.05, 0) is 71.2 Å². The van der Waals surface area contributed by atoms with Crippen molar-refractivity contribution in [3.05, 3.63) is 83.2 Å². The van der Waals surface area contributed by atoms with E-state index in [4.69, 9.17) is 0 Å². The van der Waals surface area contributed by atoms with Crippen LogP contribution in [0.1, 0.15) is 58.3 Å². The molecule has 5 nitrogen and oxygen atoms in total. The van der Waals surface area contributed by atoms with Crippen LogP contribution in [0.25, 0.3) is 11.1 Å². The summed E-state index contributed by atoms with van der Waals surface area (Å²) in [7, 11) is 0. The van der Waals surface area contributed by atoms with Crippen LogP contribution < -0.4 is 0 Å². The van der Waals surface area contributed by atoms with E-state index in [2.05, 4.69) is 47.4 Å². The predicted molar refractivity (Wildman–Crippen MR) is 119 cm³/mol. The van der Waals surface area contributed by atoms with Crippen LogP contribution in [-0.4, -0.2) is 39.1 Å². The fourth-order valence-electron chi connectivity index (χ4n) is 4.69. The van der Waals surface area contributed by atoms with Gasteiger partial charge in [0, 0.05) is 19.0 Å². The molecule has 3 aromatic rings. The molecule has 2 N–H and O–H groups in total. The molecule has 1 saturated carbocycles. The number of aromatic nitrogens is 1. The van der Waals surface area contributed by atoms with Gasteiger partial charge in [0.2, 0.25) is 0 Å². The van der Waals surface area contributed by atoms with Gasteiger partial charge < -0.3 is 15.1 Å². The summed E-state index contributed by atoms with van der Waals surface area (Å²) in [4.78, 5) is 18.6. The van der Waals surface area contributed by atoms with Crippen molar-refractivity contribution in [2.45, 2.75) is 37.7 Å². The van der Waals surface area contributed by atoms with Crippen LogP contribution in [-0.2, 0) is 6.61 Å². The zero-order valence-electron chi connectivity index (χ0n) is 17.4. The number of hydrogen-bond donors (Lipinski definition) is 2. The smallest absolute Gasteiger partial charge is 0.272 e. The number of pyridine rings is 1. The van der Waals surface area contributed by atoms with Crippen molar-refractivity contribution in [2.24, 2.45) is 0 Å². The Morgan fingerprint density at radius 1 is 1.00 bits per heavy atom. The first-order valence-corrected chi connectivity index (χ1v) is 10.9. The maximum atomic E-state index is 12.8. The molecular weight excluding hydrogens is 388 g/mol. The zero-order chi connectivity index (χ0) is 21.4. The monoisotopic (exact) mass is 414 g/mol. The molecule has 5 heteroatoms. The lowest BCUT2D eigenvalue weighted by molar-refractivity contribution is 0.0785. The fraction of sp³-hybridized carbons (Fsp3) is 0.308. The topological polar surface area (TPSA) is 73.7 Å². The molecule has 0 bridgehead atoms. The molecule has 1 saturated heterocycles. The van der Waals surface area contributed by atoms with E-state index in [0.29, 0.717) is 24.7 Å². The summed E-state index contributed by atoms with van der Waals surface area (Å²) in [5, 5.41) is 19.5. The molecule has 1 amide bonds. The van der Waals surface area contributed by atoms with Gasteiger partial charge in [-0.25, -0.2) is 4.98 Å². The molecule has 0 spiro atoms. The number of aliphatic hydroxyl groups excluding tert-OH is 1. The molecule has 0 radical (unpaired) electrons. The third kappa shape index (κ3) is 3.93. The van der Waals surface area contributed by atoms with E-state index in [1.165, 1.54) is 36.2 Å². The number of benzene rings is 2. The van der Waals surface area contributed by atoms with Gasteiger partial charge in [0.25, 0.3) is 5.91 Å². The summed E-state index contributed by atoms with van der Waals surface area (Å²) < 4.78 is 0. The summed E-state index contributed by atoms with van der Waals surface area (Å²) in [6, 6.07) is 18.0. The average molecular weight is 415 g/mol. The Morgan fingerprint density at radius 2 is 1.84 bits per heavy atom. The standard InChI is InChI=1S/C26H26N2O3/c29-16-20-13-18(24-4-2-1-3-23(24)17-5-6-17)7-9-22(20)19-11-12-28(15-19)26(31)25-10-8-21(30)14-27-25/h1-4,7-10,13-14,17,19,29-30H,5-6,11-12,15-16H2. The lowest BCUT2D eigenvalue weighted by Crippen LogP contribution is -2.29. The number of carbonyl (C=O) groups excluding carboxylic acids is 1. The lowest BCUT2D eigenvalue weighted by atomic mass is 9.89. The summed E-state index contributed by atoms with van der Waals surface area (Å²) in [5.41, 5.74) is 6.20. The maximum absolute atomic E-state index is 12.8. The molecule has 5 rings (SSSR count). The van der Waals surface area contributed by atoms with E-state index in [1.807, 2.05) is 4.90 Å². The highest BCUT2D eigenvalue weighted by Crippen LogP contribution is 2.44. The van der Waals surface area contributed by atoms with E-state index >= 15 is 0 Å². The Hall–Kier alpha value is -3.18. The minimum absolute atomic E-state index is 0.0151. The van der Waals surface area contributed by atoms with Crippen LogP contribution in [0.15, 0.2) is 60.8 Å². The first kappa shape index (κ1) is 19.8. The summed E-state index contributed by atoms with van der Waals surface area (Å²) in [5.74, 6) is 0.780. The third-order valence-corrected chi connectivity index (χ3v) is 6.48. The van der Waals surface area contributed by atoms with Crippen molar-refractivity contribution >= 4 is 5.91 Å². The van der Waals surface area contributed by atoms with E-state index in [-0.39, 0.29) is 24.2 Å². The van der Waals surface area contributed by atoms with Gasteiger partial charge in [0.1, 0.15) is 11.4 Å². The van der Waals surface area contributed by atoms with Crippen LogP contribution in [0.3, 0.4) is 0 Å². The van der Waals surface area contributed by atoms with Gasteiger partial charge in [-0.15, -0.1) is 0 Å². The molecule has 2 heterocycles. The van der Waals surface area contributed by atoms with Crippen molar-refractivity contribution in [3.63, 3.8) is 0 Å². The number of nitrogens with zero attached hydrogens (tertiary/aromatic N) is 2. The molecule has 2 aliphatic rings. The lowest BCUT2D eigenvalue weighted by Gasteiger charge is -2.19. The number of aromatic hydroxyl groups is 1. The second-order valence-electron chi connectivity index (χ2n) is 8.57. The molecule has 1 unspecified atom stereocenters. The number of hydrogen-bond acceptors (Lipinski definition) is 4. The molecule has 31 heavy (non-hydrogen) atoms. The average Bonchev–Trinajstić information content (AvgIpc) is 3.55. The van der Waals surface area contributed by atoms with Crippen LogP contribution >= 0.6 is 0 Å². The SMILES string of the molecule is O=C(c1ccc(O)cn1)N1CCC(c2ccc(-c3ccccc3C3CC3)cc2CO)C1. The van der Waals surface area contributed by atoms with Gasteiger partial charge in [-0.3, -0.25) is 4.79 Å². The second kappa shape index (κ2) is 8.16. The maximum Gasteiger partial charge on any atom is 0.272 e. The number of rotatable bonds is 5. The number of aliphatic hydroxyl groups is 1. The third-order valence-electron chi connectivity index (χ3n) is 6.48. The van der Waals surface area contributed by atoms with E-state index in [1.54, 1.807) is 6.07 Å². The minimum atomic E-state index is -0.122. The largest absolute Gasteiger partial charge is 0.506 e. The Bertz CT molecular complexity index is 1110. The van der Waals surface area contributed by atoms with Gasteiger partial charge >= 0.3 is 0 Å². The predicted octanol–water partition coefficient (Wildman–Crippen LogP) is 4.45. The molecular formula is C26H26N2O3. The van der Waals surface area contributed by atoms with E-state index in [9.17, 15) is 15.0 Å². The van der Waals surface area contributed by atoms with Gasteiger partial charge in [-0.1, -0.05) is 36.4 Å². The van der Waals surface area contributed by atoms with Crippen LogP contribution in [0, 0.1) is 0 Å². The Balaban J connectivity index is 1.37. The molecule has 1 aliphatic heterocycles. The summed E-state index contributed by atoms with van der Waals surface area (Å²) in [6.45, 7) is 1.24. The molecule has 1 aromatic heterocycles. The quantitative estimate of drug-likeness (QED) is 0.647. The number of amides is 1. The zero-order valence-corrected chi connectivity index (χ0v) is 17.4. The normalized spacial score (nSPS) is 18.4.